The third kappa shape index (κ3) is 2.23. The molecule has 0 atom stereocenters. The first-order valence-corrected chi connectivity index (χ1v) is 8.07. The van der Waals surface area contributed by atoms with Crippen molar-refractivity contribution in [3.63, 3.8) is 0 Å². The van der Waals surface area contributed by atoms with Gasteiger partial charge in [-0.05, 0) is 17.5 Å². The lowest BCUT2D eigenvalue weighted by molar-refractivity contribution is 0.0751. The Morgan fingerprint density at radius 1 is 1.09 bits per heavy atom. The molecule has 22 heavy (non-hydrogen) atoms. The van der Waals surface area contributed by atoms with Crippen LogP contribution in [0.15, 0.2) is 42.0 Å². The Hall–Kier alpha value is -2.41. The molecule has 3 aromatic rings. The van der Waals surface area contributed by atoms with E-state index in [0.29, 0.717) is 0 Å². The molecule has 3 aromatic heterocycles. The van der Waals surface area contributed by atoms with Crippen LogP contribution in [0.1, 0.15) is 9.67 Å². The molecule has 4 rings (SSSR count). The molecule has 1 saturated heterocycles. The minimum absolute atomic E-state index is 0.133. The molecular weight excluding hydrogens is 298 g/mol. The minimum Gasteiger partial charge on any atom is -0.353 e. The lowest BCUT2D eigenvalue weighted by Gasteiger charge is -2.35. The first-order valence-electron chi connectivity index (χ1n) is 7.19. The van der Waals surface area contributed by atoms with E-state index in [1.54, 1.807) is 12.4 Å². The Kier molecular flexibility index (Phi) is 3.27. The van der Waals surface area contributed by atoms with Crippen LogP contribution >= 0.6 is 11.3 Å². The van der Waals surface area contributed by atoms with E-state index < -0.39 is 0 Å². The molecule has 0 spiro atoms. The monoisotopic (exact) mass is 313 g/mol. The van der Waals surface area contributed by atoms with E-state index in [1.807, 2.05) is 39.1 Å². The zero-order chi connectivity index (χ0) is 14.9. The number of aromatic nitrogens is 3. The standard InChI is InChI=1S/C15H15N5OS/c21-15(12-2-1-11-22-12)19-9-7-18(8-10-19)14-4-5-16-13-3-6-17-20(13)14/h1-6,11H,7-10H2. The number of carbonyl (C=O) groups excluding carboxylic acids is 1. The van der Waals surface area contributed by atoms with E-state index >= 15 is 0 Å². The van der Waals surface area contributed by atoms with Gasteiger partial charge in [-0.3, -0.25) is 4.79 Å². The fraction of sp³-hybridized carbons (Fsp3) is 0.267. The molecule has 0 radical (unpaired) electrons. The number of thiophene rings is 1. The van der Waals surface area contributed by atoms with Gasteiger partial charge in [-0.2, -0.15) is 9.61 Å². The predicted octanol–water partition coefficient (Wildman–Crippen LogP) is 1.75. The van der Waals surface area contributed by atoms with E-state index in [4.69, 9.17) is 0 Å². The van der Waals surface area contributed by atoms with E-state index in [-0.39, 0.29) is 5.91 Å². The topological polar surface area (TPSA) is 53.7 Å². The molecule has 7 heteroatoms. The van der Waals surface area contributed by atoms with E-state index in [0.717, 1.165) is 42.5 Å². The minimum atomic E-state index is 0.133. The van der Waals surface area contributed by atoms with Gasteiger partial charge in [0.15, 0.2) is 5.65 Å². The molecule has 112 valence electrons. The highest BCUT2D eigenvalue weighted by Gasteiger charge is 2.23. The van der Waals surface area contributed by atoms with Crippen molar-refractivity contribution >= 4 is 28.7 Å². The van der Waals surface area contributed by atoms with Crippen molar-refractivity contribution in [1.82, 2.24) is 19.5 Å². The average molecular weight is 313 g/mol. The number of amides is 1. The second kappa shape index (κ2) is 5.42. The van der Waals surface area contributed by atoms with Crippen LogP contribution in [0.2, 0.25) is 0 Å². The summed E-state index contributed by atoms with van der Waals surface area (Å²) < 4.78 is 1.84. The number of fused-ring (bicyclic) bond motifs is 1. The zero-order valence-electron chi connectivity index (χ0n) is 11.9. The van der Waals surface area contributed by atoms with Crippen LogP contribution in [0.3, 0.4) is 0 Å². The molecule has 0 N–H and O–H groups in total. The highest BCUT2D eigenvalue weighted by atomic mass is 32.1. The zero-order valence-corrected chi connectivity index (χ0v) is 12.7. The van der Waals surface area contributed by atoms with Gasteiger partial charge in [0.2, 0.25) is 0 Å². The third-order valence-electron chi connectivity index (χ3n) is 3.89. The summed E-state index contributed by atoms with van der Waals surface area (Å²) in [6.45, 7) is 3.05. The van der Waals surface area contributed by atoms with Crippen LogP contribution < -0.4 is 4.90 Å². The quantitative estimate of drug-likeness (QED) is 0.723. The summed E-state index contributed by atoms with van der Waals surface area (Å²) in [5.41, 5.74) is 0.842. The number of anilines is 1. The Labute approximate surface area is 131 Å². The lowest BCUT2D eigenvalue weighted by atomic mass is 10.3. The summed E-state index contributed by atoms with van der Waals surface area (Å²) in [6.07, 6.45) is 3.55. The van der Waals surface area contributed by atoms with E-state index in [2.05, 4.69) is 15.0 Å². The summed E-state index contributed by atoms with van der Waals surface area (Å²) in [5.74, 6) is 1.16. The molecular formula is C15H15N5OS. The SMILES string of the molecule is O=C(c1cccs1)N1CCN(c2ccnc3ccnn23)CC1. The number of rotatable bonds is 2. The van der Waals surface area contributed by atoms with Crippen molar-refractivity contribution in [2.24, 2.45) is 0 Å². The summed E-state index contributed by atoms with van der Waals surface area (Å²) in [4.78, 5) is 21.6. The van der Waals surface area contributed by atoms with Crippen LogP contribution in [0.5, 0.6) is 0 Å². The second-order valence-electron chi connectivity index (χ2n) is 5.16. The third-order valence-corrected chi connectivity index (χ3v) is 4.75. The van der Waals surface area contributed by atoms with Gasteiger partial charge in [-0.15, -0.1) is 11.3 Å². The Balaban J connectivity index is 1.50. The molecule has 0 unspecified atom stereocenters. The Morgan fingerprint density at radius 3 is 2.73 bits per heavy atom. The van der Waals surface area contributed by atoms with Gasteiger partial charge < -0.3 is 9.80 Å². The molecule has 0 aromatic carbocycles. The first kappa shape index (κ1) is 13.3. The maximum atomic E-state index is 12.4. The van der Waals surface area contributed by atoms with Gasteiger partial charge >= 0.3 is 0 Å². The average Bonchev–Trinajstić information content (AvgIpc) is 3.25. The predicted molar refractivity (Wildman–Crippen MR) is 85.4 cm³/mol. The van der Waals surface area contributed by atoms with Crippen LogP contribution in [0.4, 0.5) is 5.82 Å². The molecule has 0 bridgehead atoms. The van der Waals surface area contributed by atoms with Crippen LogP contribution in [0, 0.1) is 0 Å². The van der Waals surface area contributed by atoms with Crippen molar-refractivity contribution < 1.29 is 4.79 Å². The number of nitrogens with zero attached hydrogens (tertiary/aromatic N) is 5. The maximum Gasteiger partial charge on any atom is 0.264 e. The number of hydrogen-bond donors (Lipinski definition) is 0. The normalized spacial score (nSPS) is 15.5. The summed E-state index contributed by atoms with van der Waals surface area (Å²) >= 11 is 1.50. The van der Waals surface area contributed by atoms with Gasteiger partial charge in [0.1, 0.15) is 5.82 Å². The first-order chi connectivity index (χ1) is 10.8. The number of piperazine rings is 1. The lowest BCUT2D eigenvalue weighted by Crippen LogP contribution is -2.49. The van der Waals surface area contributed by atoms with Gasteiger partial charge in [-0.25, -0.2) is 4.98 Å². The molecule has 4 heterocycles. The fourth-order valence-corrected chi connectivity index (χ4v) is 3.45. The maximum absolute atomic E-state index is 12.4. The summed E-state index contributed by atoms with van der Waals surface area (Å²) in [6, 6.07) is 7.66. The van der Waals surface area contributed by atoms with Gasteiger partial charge in [0.05, 0.1) is 11.1 Å². The molecule has 1 fully saturated rings. The summed E-state index contributed by atoms with van der Waals surface area (Å²) in [7, 11) is 0. The molecule has 6 nitrogen and oxygen atoms in total. The van der Waals surface area contributed by atoms with Crippen molar-refractivity contribution in [2.75, 3.05) is 31.1 Å². The van der Waals surface area contributed by atoms with Gasteiger partial charge in [0, 0.05) is 38.4 Å². The largest absolute Gasteiger partial charge is 0.353 e. The van der Waals surface area contributed by atoms with Crippen LogP contribution in [-0.2, 0) is 0 Å². The number of hydrogen-bond acceptors (Lipinski definition) is 5. The van der Waals surface area contributed by atoms with Gasteiger partial charge in [0.25, 0.3) is 5.91 Å². The number of carbonyl (C=O) groups is 1. The van der Waals surface area contributed by atoms with Crippen molar-refractivity contribution in [1.29, 1.82) is 0 Å². The molecule has 0 saturated carbocycles. The Morgan fingerprint density at radius 2 is 1.95 bits per heavy atom. The summed E-state index contributed by atoms with van der Waals surface area (Å²) in [5, 5.41) is 6.26. The van der Waals surface area contributed by atoms with Crippen molar-refractivity contribution in [3.05, 3.63) is 46.9 Å². The smallest absolute Gasteiger partial charge is 0.264 e. The van der Waals surface area contributed by atoms with Crippen molar-refractivity contribution in [3.8, 4) is 0 Å². The second-order valence-corrected chi connectivity index (χ2v) is 6.11. The highest BCUT2D eigenvalue weighted by Crippen LogP contribution is 2.18. The molecule has 0 aliphatic carbocycles. The van der Waals surface area contributed by atoms with E-state index in [9.17, 15) is 4.79 Å². The van der Waals surface area contributed by atoms with Crippen LogP contribution in [-0.4, -0.2) is 51.6 Å². The Bertz CT molecular complexity index is 789. The van der Waals surface area contributed by atoms with E-state index in [1.165, 1.54) is 11.3 Å². The molecule has 1 aliphatic rings. The van der Waals surface area contributed by atoms with Crippen molar-refractivity contribution in [2.45, 2.75) is 0 Å². The molecule has 1 aliphatic heterocycles. The van der Waals surface area contributed by atoms with Gasteiger partial charge in [-0.1, -0.05) is 6.07 Å². The highest BCUT2D eigenvalue weighted by molar-refractivity contribution is 7.12. The molecule has 1 amide bonds. The fourth-order valence-electron chi connectivity index (χ4n) is 2.76. The van der Waals surface area contributed by atoms with Crippen LogP contribution in [0.25, 0.3) is 5.65 Å².